The van der Waals surface area contributed by atoms with Gasteiger partial charge in [-0.3, -0.25) is 9.89 Å². The summed E-state index contributed by atoms with van der Waals surface area (Å²) in [7, 11) is 0. The van der Waals surface area contributed by atoms with Gasteiger partial charge in [0, 0.05) is 36.9 Å². The van der Waals surface area contributed by atoms with E-state index in [4.69, 9.17) is 4.74 Å². The maximum atomic E-state index is 5.70. The van der Waals surface area contributed by atoms with Crippen LogP contribution in [0.25, 0.3) is 0 Å². The summed E-state index contributed by atoms with van der Waals surface area (Å²) in [6, 6.07) is 7.09. The molecule has 0 N–H and O–H groups in total. The highest BCUT2D eigenvalue weighted by Crippen LogP contribution is 2.34. The molecule has 0 fully saturated rings. The van der Waals surface area contributed by atoms with Crippen LogP contribution in [0.2, 0.25) is 0 Å². The Morgan fingerprint density at radius 2 is 2.24 bits per heavy atom. The Kier molecular flexibility index (Phi) is 4.36. The van der Waals surface area contributed by atoms with E-state index in [1.165, 1.54) is 21.7 Å². The first-order valence-electron chi connectivity index (χ1n) is 7.45. The van der Waals surface area contributed by atoms with Crippen molar-refractivity contribution in [2.24, 2.45) is 4.99 Å². The van der Waals surface area contributed by atoms with Gasteiger partial charge in [0.1, 0.15) is 5.75 Å². The van der Waals surface area contributed by atoms with Gasteiger partial charge < -0.3 is 4.74 Å². The number of rotatable bonds is 4. The lowest BCUT2D eigenvalue weighted by molar-refractivity contribution is 0.224. The molecule has 1 unspecified atom stereocenters. The molecule has 3 rings (SSSR count). The van der Waals surface area contributed by atoms with E-state index in [0.717, 1.165) is 38.3 Å². The van der Waals surface area contributed by atoms with Gasteiger partial charge in [0.15, 0.2) is 0 Å². The zero-order valence-electron chi connectivity index (χ0n) is 12.8. The maximum Gasteiger partial charge on any atom is 0.122 e. The van der Waals surface area contributed by atoms with E-state index in [0.29, 0.717) is 6.04 Å². The molecule has 1 atom stereocenters. The number of aliphatic imine (C=N–C) groups is 1. The van der Waals surface area contributed by atoms with Crippen molar-refractivity contribution in [3.8, 4) is 5.75 Å². The summed E-state index contributed by atoms with van der Waals surface area (Å²) in [5, 5.41) is 0. The third-order valence-electron chi connectivity index (χ3n) is 4.49. The summed E-state index contributed by atoms with van der Waals surface area (Å²) in [5.74, 6) is 1.07. The van der Waals surface area contributed by atoms with Crippen molar-refractivity contribution in [3.63, 3.8) is 0 Å². The van der Waals surface area contributed by atoms with Crippen molar-refractivity contribution in [3.05, 3.63) is 39.9 Å². The first-order valence-corrected chi connectivity index (χ1v) is 8.68. The van der Waals surface area contributed by atoms with Gasteiger partial charge in [-0.2, -0.15) is 0 Å². The molecule has 0 aromatic heterocycles. The Hall–Kier alpha value is -1.26. The average molecular weight is 302 g/mol. The minimum Gasteiger partial charge on any atom is -0.493 e. The van der Waals surface area contributed by atoms with Crippen LogP contribution in [-0.4, -0.2) is 37.6 Å². The summed E-state index contributed by atoms with van der Waals surface area (Å²) in [6.07, 6.45) is 4.16. The van der Waals surface area contributed by atoms with Crippen LogP contribution in [0.15, 0.2) is 33.8 Å². The largest absolute Gasteiger partial charge is 0.493 e. The quantitative estimate of drug-likeness (QED) is 0.793. The lowest BCUT2D eigenvalue weighted by Crippen LogP contribution is -2.33. The molecule has 2 aliphatic rings. The van der Waals surface area contributed by atoms with E-state index in [1.807, 2.05) is 0 Å². The van der Waals surface area contributed by atoms with Gasteiger partial charge in [-0.05, 0) is 37.1 Å². The lowest BCUT2D eigenvalue weighted by Gasteiger charge is -2.34. The number of benzene rings is 1. The minimum absolute atomic E-state index is 0.396. The average Bonchev–Trinajstić information content (AvgIpc) is 3.00. The molecule has 0 saturated carbocycles. The van der Waals surface area contributed by atoms with Gasteiger partial charge in [-0.1, -0.05) is 12.1 Å². The molecule has 21 heavy (non-hydrogen) atoms. The number of hydrogen-bond acceptors (Lipinski definition) is 4. The maximum absolute atomic E-state index is 5.70. The van der Waals surface area contributed by atoms with Crippen molar-refractivity contribution in [1.82, 2.24) is 4.90 Å². The Labute approximate surface area is 131 Å². The van der Waals surface area contributed by atoms with Gasteiger partial charge in [0.2, 0.25) is 0 Å². The van der Waals surface area contributed by atoms with Crippen LogP contribution in [0.3, 0.4) is 0 Å². The molecule has 3 nitrogen and oxygen atoms in total. The van der Waals surface area contributed by atoms with Gasteiger partial charge in [0.05, 0.1) is 12.3 Å². The van der Waals surface area contributed by atoms with E-state index < -0.39 is 0 Å². The predicted octanol–water partition coefficient (Wildman–Crippen LogP) is 3.66. The second-order valence-corrected chi connectivity index (χ2v) is 6.50. The molecule has 2 heterocycles. The molecule has 4 heteroatoms. The number of hydrogen-bond donors (Lipinski definition) is 0. The lowest BCUT2D eigenvalue weighted by atomic mass is 10.0. The monoisotopic (exact) mass is 302 g/mol. The van der Waals surface area contributed by atoms with E-state index in [-0.39, 0.29) is 0 Å². The number of nitrogens with zero attached hydrogens (tertiary/aromatic N) is 2. The SMILES string of the molecule is C=NC1=C(SC)CN(C(C)c2ccc3c(c2)OCC3)CC1. The molecule has 112 valence electrons. The molecule has 0 amide bonds. The highest BCUT2D eigenvalue weighted by atomic mass is 32.2. The summed E-state index contributed by atoms with van der Waals surface area (Å²) in [6.45, 7) is 8.80. The normalized spacial score (nSPS) is 20.1. The fraction of sp³-hybridized carbons (Fsp3) is 0.471. The zero-order chi connectivity index (χ0) is 14.8. The minimum atomic E-state index is 0.396. The molecular formula is C17H22N2OS. The van der Waals surface area contributed by atoms with E-state index >= 15 is 0 Å². The van der Waals surface area contributed by atoms with Crippen molar-refractivity contribution >= 4 is 18.5 Å². The Morgan fingerprint density at radius 3 is 3.00 bits per heavy atom. The first kappa shape index (κ1) is 14.7. The van der Waals surface area contributed by atoms with Gasteiger partial charge in [0.25, 0.3) is 0 Å². The first-order chi connectivity index (χ1) is 10.2. The van der Waals surface area contributed by atoms with Crippen molar-refractivity contribution in [1.29, 1.82) is 0 Å². The van der Waals surface area contributed by atoms with Crippen LogP contribution in [0.1, 0.15) is 30.5 Å². The Balaban J connectivity index is 1.78. The standard InChI is InChI=1S/C17H22N2OS/c1-12(14-5-4-13-7-9-20-16(13)10-14)19-8-6-15(18-2)17(11-19)21-3/h4-5,10,12H,2,6-9,11H2,1,3H3. The van der Waals surface area contributed by atoms with Crippen molar-refractivity contribution in [2.45, 2.75) is 25.8 Å². The van der Waals surface area contributed by atoms with E-state index in [9.17, 15) is 0 Å². The Bertz CT molecular complexity index is 582. The fourth-order valence-electron chi connectivity index (χ4n) is 3.08. The fourth-order valence-corrected chi connectivity index (χ4v) is 3.77. The predicted molar refractivity (Wildman–Crippen MR) is 90.3 cm³/mol. The molecular weight excluding hydrogens is 280 g/mol. The molecule has 0 radical (unpaired) electrons. The van der Waals surface area contributed by atoms with E-state index in [1.54, 1.807) is 11.8 Å². The highest BCUT2D eigenvalue weighted by Gasteiger charge is 2.24. The second kappa shape index (κ2) is 6.24. The van der Waals surface area contributed by atoms with Crippen LogP contribution < -0.4 is 4.74 Å². The number of thioether (sulfide) groups is 1. The molecule has 2 aliphatic heterocycles. The van der Waals surface area contributed by atoms with E-state index in [2.05, 4.69) is 48.0 Å². The van der Waals surface area contributed by atoms with Crippen molar-refractivity contribution < 1.29 is 4.74 Å². The highest BCUT2D eigenvalue weighted by molar-refractivity contribution is 8.02. The summed E-state index contributed by atoms with van der Waals surface area (Å²) in [5.41, 5.74) is 3.85. The summed E-state index contributed by atoms with van der Waals surface area (Å²) < 4.78 is 5.70. The molecule has 0 bridgehead atoms. The number of fused-ring (bicyclic) bond motifs is 1. The third kappa shape index (κ3) is 2.87. The summed E-state index contributed by atoms with van der Waals surface area (Å²) >= 11 is 1.79. The second-order valence-electron chi connectivity index (χ2n) is 5.59. The molecule has 0 spiro atoms. The van der Waals surface area contributed by atoms with Crippen LogP contribution in [-0.2, 0) is 6.42 Å². The van der Waals surface area contributed by atoms with Gasteiger partial charge in [-0.15, -0.1) is 11.8 Å². The van der Waals surface area contributed by atoms with Crippen LogP contribution >= 0.6 is 11.8 Å². The Morgan fingerprint density at radius 1 is 1.38 bits per heavy atom. The number of ether oxygens (including phenoxy) is 1. The smallest absolute Gasteiger partial charge is 0.122 e. The molecule has 0 saturated heterocycles. The topological polar surface area (TPSA) is 24.8 Å². The van der Waals surface area contributed by atoms with Crippen LogP contribution in [0.4, 0.5) is 0 Å². The molecule has 0 aliphatic carbocycles. The van der Waals surface area contributed by atoms with Gasteiger partial charge >= 0.3 is 0 Å². The summed E-state index contributed by atoms with van der Waals surface area (Å²) in [4.78, 5) is 8.03. The van der Waals surface area contributed by atoms with Crippen LogP contribution in [0.5, 0.6) is 5.75 Å². The molecule has 1 aromatic carbocycles. The zero-order valence-corrected chi connectivity index (χ0v) is 13.6. The van der Waals surface area contributed by atoms with Crippen LogP contribution in [0, 0.1) is 0 Å². The van der Waals surface area contributed by atoms with Gasteiger partial charge in [-0.25, -0.2) is 0 Å². The molecule has 1 aromatic rings. The van der Waals surface area contributed by atoms with Crippen molar-refractivity contribution in [2.75, 3.05) is 26.0 Å². The third-order valence-corrected chi connectivity index (χ3v) is 5.35.